The lowest BCUT2D eigenvalue weighted by Gasteiger charge is -2.32. The van der Waals surface area contributed by atoms with Gasteiger partial charge in [-0.25, -0.2) is 0 Å². The number of nitrogens with one attached hydrogen (secondary N) is 1. The van der Waals surface area contributed by atoms with Crippen LogP contribution < -0.4 is 5.32 Å². The highest BCUT2D eigenvalue weighted by molar-refractivity contribution is 9.10. The summed E-state index contributed by atoms with van der Waals surface area (Å²) in [4.78, 5) is 4.98. The second-order valence-corrected chi connectivity index (χ2v) is 6.62. The molecule has 0 aliphatic carbocycles. The lowest BCUT2D eigenvalue weighted by Crippen LogP contribution is -2.45. The molecule has 1 fully saturated rings. The number of benzene rings is 1. The molecule has 0 spiro atoms. The van der Waals surface area contributed by atoms with Crippen molar-refractivity contribution in [2.24, 2.45) is 0 Å². The first-order valence-corrected chi connectivity index (χ1v) is 8.31. The summed E-state index contributed by atoms with van der Waals surface area (Å²) in [7, 11) is 2.21. The Labute approximate surface area is 131 Å². The van der Waals surface area contributed by atoms with Gasteiger partial charge in [-0.2, -0.15) is 0 Å². The average molecular weight is 340 g/mol. The van der Waals surface area contributed by atoms with Crippen molar-refractivity contribution >= 4 is 15.9 Å². The Hall–Kier alpha value is -0.420. The molecule has 2 rings (SSSR count). The fourth-order valence-corrected chi connectivity index (χ4v) is 3.15. The Kier molecular flexibility index (Phi) is 6.49. The summed E-state index contributed by atoms with van der Waals surface area (Å²) in [6.07, 6.45) is 1.23. The molecule has 0 saturated carbocycles. The molecule has 112 valence electrons. The molecule has 1 N–H and O–H groups in total. The van der Waals surface area contributed by atoms with Crippen LogP contribution >= 0.6 is 15.9 Å². The van der Waals surface area contributed by atoms with Gasteiger partial charge in [0.2, 0.25) is 0 Å². The number of aryl methyl sites for hydroxylation is 1. The van der Waals surface area contributed by atoms with Crippen LogP contribution in [0.2, 0.25) is 0 Å². The monoisotopic (exact) mass is 339 g/mol. The van der Waals surface area contributed by atoms with Crippen molar-refractivity contribution in [2.45, 2.75) is 19.9 Å². The minimum Gasteiger partial charge on any atom is -0.313 e. The van der Waals surface area contributed by atoms with Crippen LogP contribution in [-0.4, -0.2) is 56.1 Å². The molecule has 0 aromatic heterocycles. The van der Waals surface area contributed by atoms with Gasteiger partial charge in [0.1, 0.15) is 0 Å². The number of hydrogen-bond donors (Lipinski definition) is 1. The van der Waals surface area contributed by atoms with E-state index in [0.717, 1.165) is 13.1 Å². The number of halogens is 1. The fourth-order valence-electron chi connectivity index (χ4n) is 2.52. The quantitative estimate of drug-likeness (QED) is 0.803. The van der Waals surface area contributed by atoms with Crippen LogP contribution in [0.15, 0.2) is 22.7 Å². The summed E-state index contributed by atoms with van der Waals surface area (Å²) in [6.45, 7) is 10.2. The fraction of sp³-hybridized carbons (Fsp3) is 0.625. The summed E-state index contributed by atoms with van der Waals surface area (Å²) in [6, 6.07) is 6.56. The van der Waals surface area contributed by atoms with Gasteiger partial charge in [0.05, 0.1) is 0 Å². The molecule has 1 aliphatic rings. The molecule has 0 amide bonds. The zero-order valence-corrected chi connectivity index (χ0v) is 14.2. The standard InChI is InChI=1S/C16H26BrN3/c1-14-4-5-15(16(17)12-14)13-18-6-3-7-20-10-8-19(2)9-11-20/h4-5,12,18H,3,6-11,13H2,1-2H3. The third-order valence-electron chi connectivity index (χ3n) is 3.95. The topological polar surface area (TPSA) is 18.5 Å². The molecule has 0 radical (unpaired) electrons. The minimum absolute atomic E-state index is 0.948. The molecular weight excluding hydrogens is 314 g/mol. The van der Waals surface area contributed by atoms with Gasteiger partial charge in [-0.05, 0) is 50.7 Å². The molecule has 1 aromatic carbocycles. The summed E-state index contributed by atoms with van der Waals surface area (Å²) in [5.74, 6) is 0. The van der Waals surface area contributed by atoms with Crippen molar-refractivity contribution < 1.29 is 0 Å². The predicted octanol–water partition coefficient (Wildman–Crippen LogP) is 2.48. The van der Waals surface area contributed by atoms with Gasteiger partial charge in [0.25, 0.3) is 0 Å². The summed E-state index contributed by atoms with van der Waals surface area (Å²) >= 11 is 3.63. The smallest absolute Gasteiger partial charge is 0.0222 e. The van der Waals surface area contributed by atoms with Crippen LogP contribution in [0.3, 0.4) is 0 Å². The van der Waals surface area contributed by atoms with Crippen LogP contribution in [0.1, 0.15) is 17.5 Å². The third kappa shape index (κ3) is 5.17. The van der Waals surface area contributed by atoms with E-state index in [1.807, 2.05) is 0 Å². The van der Waals surface area contributed by atoms with Gasteiger partial charge in [-0.15, -0.1) is 0 Å². The zero-order valence-electron chi connectivity index (χ0n) is 12.7. The second kappa shape index (κ2) is 8.13. The summed E-state index contributed by atoms with van der Waals surface area (Å²) in [5.41, 5.74) is 2.64. The molecule has 1 heterocycles. The van der Waals surface area contributed by atoms with Crippen molar-refractivity contribution in [3.63, 3.8) is 0 Å². The van der Waals surface area contributed by atoms with Crippen LogP contribution in [0.25, 0.3) is 0 Å². The Balaban J connectivity index is 1.59. The van der Waals surface area contributed by atoms with Gasteiger partial charge in [0, 0.05) is 37.2 Å². The van der Waals surface area contributed by atoms with E-state index >= 15 is 0 Å². The van der Waals surface area contributed by atoms with Gasteiger partial charge in [-0.1, -0.05) is 28.1 Å². The Morgan fingerprint density at radius 2 is 1.95 bits per heavy atom. The first-order valence-electron chi connectivity index (χ1n) is 7.52. The van der Waals surface area contributed by atoms with Crippen LogP contribution in [-0.2, 0) is 6.54 Å². The normalized spacial score (nSPS) is 17.6. The highest BCUT2D eigenvalue weighted by Crippen LogP contribution is 2.17. The molecule has 0 atom stereocenters. The Bertz CT molecular complexity index is 414. The number of piperazine rings is 1. The highest BCUT2D eigenvalue weighted by atomic mass is 79.9. The van der Waals surface area contributed by atoms with Crippen molar-refractivity contribution in [3.05, 3.63) is 33.8 Å². The number of likely N-dealkylation sites (N-methyl/N-ethyl adjacent to an activating group) is 1. The minimum atomic E-state index is 0.948. The van der Waals surface area contributed by atoms with E-state index in [1.54, 1.807) is 0 Å². The van der Waals surface area contributed by atoms with Crippen LogP contribution in [0, 0.1) is 6.92 Å². The molecule has 1 aliphatic heterocycles. The second-order valence-electron chi connectivity index (χ2n) is 5.77. The lowest BCUT2D eigenvalue weighted by atomic mass is 10.1. The third-order valence-corrected chi connectivity index (χ3v) is 4.69. The number of hydrogen-bond acceptors (Lipinski definition) is 3. The summed E-state index contributed by atoms with van der Waals surface area (Å²) in [5, 5.41) is 3.54. The van der Waals surface area contributed by atoms with Gasteiger partial charge >= 0.3 is 0 Å². The number of rotatable bonds is 6. The zero-order chi connectivity index (χ0) is 14.4. The summed E-state index contributed by atoms with van der Waals surface area (Å²) < 4.78 is 1.21. The van der Waals surface area contributed by atoms with Crippen LogP contribution in [0.5, 0.6) is 0 Å². The predicted molar refractivity (Wildman–Crippen MR) is 89.1 cm³/mol. The van der Waals surface area contributed by atoms with Crippen molar-refractivity contribution in [1.29, 1.82) is 0 Å². The highest BCUT2D eigenvalue weighted by Gasteiger charge is 2.12. The van der Waals surface area contributed by atoms with E-state index in [9.17, 15) is 0 Å². The van der Waals surface area contributed by atoms with Crippen LogP contribution in [0.4, 0.5) is 0 Å². The van der Waals surface area contributed by atoms with Gasteiger partial charge in [-0.3, -0.25) is 0 Å². The first kappa shape index (κ1) is 16.0. The average Bonchev–Trinajstić information content (AvgIpc) is 2.42. The van der Waals surface area contributed by atoms with E-state index in [-0.39, 0.29) is 0 Å². The van der Waals surface area contributed by atoms with Gasteiger partial charge in [0.15, 0.2) is 0 Å². The van der Waals surface area contributed by atoms with E-state index < -0.39 is 0 Å². The largest absolute Gasteiger partial charge is 0.313 e. The van der Waals surface area contributed by atoms with E-state index in [2.05, 4.69) is 63.2 Å². The lowest BCUT2D eigenvalue weighted by molar-refractivity contribution is 0.153. The SMILES string of the molecule is Cc1ccc(CNCCCN2CCN(C)CC2)c(Br)c1. The van der Waals surface area contributed by atoms with Gasteiger partial charge < -0.3 is 15.1 Å². The van der Waals surface area contributed by atoms with Crippen molar-refractivity contribution in [1.82, 2.24) is 15.1 Å². The number of nitrogens with zero attached hydrogens (tertiary/aromatic N) is 2. The molecule has 1 saturated heterocycles. The maximum atomic E-state index is 3.63. The first-order chi connectivity index (χ1) is 9.65. The maximum absolute atomic E-state index is 3.63. The van der Waals surface area contributed by atoms with E-state index in [0.29, 0.717) is 0 Å². The molecule has 3 nitrogen and oxygen atoms in total. The molecular formula is C16H26BrN3. The van der Waals surface area contributed by atoms with E-state index in [1.165, 1.54) is 54.7 Å². The molecule has 1 aromatic rings. The van der Waals surface area contributed by atoms with Crippen molar-refractivity contribution in [3.8, 4) is 0 Å². The molecule has 4 heteroatoms. The molecule has 0 bridgehead atoms. The Morgan fingerprint density at radius 1 is 1.20 bits per heavy atom. The molecule has 0 unspecified atom stereocenters. The van der Waals surface area contributed by atoms with Crippen molar-refractivity contribution in [2.75, 3.05) is 46.3 Å². The maximum Gasteiger partial charge on any atom is 0.0222 e. The molecule has 20 heavy (non-hydrogen) atoms. The van der Waals surface area contributed by atoms with E-state index in [4.69, 9.17) is 0 Å². The Morgan fingerprint density at radius 3 is 2.65 bits per heavy atom.